The molecule has 0 atom stereocenters. The SMILES string of the molecule is C=CCNC(=S)Nc1nc(Cl)cc(N2CCCC2)n1. The van der Waals surface area contributed by atoms with E-state index in [1.807, 2.05) is 0 Å². The summed E-state index contributed by atoms with van der Waals surface area (Å²) in [5, 5.41) is 6.74. The highest BCUT2D eigenvalue weighted by molar-refractivity contribution is 7.80. The van der Waals surface area contributed by atoms with Gasteiger partial charge in [-0.15, -0.1) is 6.58 Å². The van der Waals surface area contributed by atoms with Crippen LogP contribution in [0.2, 0.25) is 5.15 Å². The maximum atomic E-state index is 6.02. The van der Waals surface area contributed by atoms with Crippen LogP contribution in [0.25, 0.3) is 0 Å². The van der Waals surface area contributed by atoms with Gasteiger partial charge in [-0.2, -0.15) is 4.98 Å². The van der Waals surface area contributed by atoms with Crippen LogP contribution in [0.4, 0.5) is 11.8 Å². The van der Waals surface area contributed by atoms with E-state index in [-0.39, 0.29) is 0 Å². The van der Waals surface area contributed by atoms with Gasteiger partial charge in [0.05, 0.1) is 0 Å². The molecule has 1 aromatic rings. The van der Waals surface area contributed by atoms with Gasteiger partial charge in [-0.1, -0.05) is 17.7 Å². The van der Waals surface area contributed by atoms with Gasteiger partial charge < -0.3 is 15.5 Å². The lowest BCUT2D eigenvalue weighted by atomic mass is 10.4. The Morgan fingerprint density at radius 3 is 2.89 bits per heavy atom. The van der Waals surface area contributed by atoms with Gasteiger partial charge in [0.15, 0.2) is 5.11 Å². The Morgan fingerprint density at radius 2 is 2.21 bits per heavy atom. The normalized spacial score (nSPS) is 14.3. The molecule has 1 aliphatic rings. The third kappa shape index (κ3) is 4.04. The second-order valence-corrected chi connectivity index (χ2v) is 4.99. The molecule has 0 bridgehead atoms. The Kier molecular flexibility index (Phi) is 4.93. The van der Waals surface area contributed by atoms with E-state index in [1.165, 1.54) is 12.8 Å². The summed E-state index contributed by atoms with van der Waals surface area (Å²) in [5.41, 5.74) is 0. The van der Waals surface area contributed by atoms with E-state index in [0.29, 0.717) is 22.8 Å². The number of hydrogen-bond acceptors (Lipinski definition) is 4. The molecule has 5 nitrogen and oxygen atoms in total. The second kappa shape index (κ2) is 6.68. The van der Waals surface area contributed by atoms with Crippen LogP contribution in [-0.4, -0.2) is 34.7 Å². The van der Waals surface area contributed by atoms with Crippen molar-refractivity contribution in [3.8, 4) is 0 Å². The van der Waals surface area contributed by atoms with Gasteiger partial charge in [0, 0.05) is 25.7 Å². The van der Waals surface area contributed by atoms with Crippen molar-refractivity contribution in [1.29, 1.82) is 0 Å². The standard InChI is InChI=1S/C12H16ClN5S/c1-2-5-14-12(19)17-11-15-9(13)8-10(16-11)18-6-3-4-7-18/h2,8H,1,3-7H2,(H2,14,15,16,17,19). The lowest BCUT2D eigenvalue weighted by molar-refractivity contribution is 0.929. The average molecular weight is 298 g/mol. The van der Waals surface area contributed by atoms with Crippen LogP contribution < -0.4 is 15.5 Å². The fraction of sp³-hybridized carbons (Fsp3) is 0.417. The van der Waals surface area contributed by atoms with Crippen LogP contribution >= 0.6 is 23.8 Å². The molecule has 0 amide bonds. The first kappa shape index (κ1) is 14.0. The van der Waals surface area contributed by atoms with Crippen LogP contribution in [0, 0.1) is 0 Å². The molecule has 102 valence electrons. The lowest BCUT2D eigenvalue weighted by Crippen LogP contribution is -2.29. The molecular formula is C12H16ClN5S. The number of thiocarbonyl (C=S) groups is 1. The molecule has 2 N–H and O–H groups in total. The van der Waals surface area contributed by atoms with Crippen molar-refractivity contribution in [3.63, 3.8) is 0 Å². The Bertz CT molecular complexity index is 473. The van der Waals surface area contributed by atoms with E-state index in [2.05, 4.69) is 32.1 Å². The number of anilines is 2. The van der Waals surface area contributed by atoms with Crippen LogP contribution in [0.5, 0.6) is 0 Å². The largest absolute Gasteiger partial charge is 0.359 e. The summed E-state index contributed by atoms with van der Waals surface area (Å²) in [7, 11) is 0. The summed E-state index contributed by atoms with van der Waals surface area (Å²) < 4.78 is 0. The molecule has 2 heterocycles. The molecule has 1 aliphatic heterocycles. The Morgan fingerprint density at radius 1 is 1.47 bits per heavy atom. The quantitative estimate of drug-likeness (QED) is 0.505. The molecule has 19 heavy (non-hydrogen) atoms. The van der Waals surface area contributed by atoms with Crippen molar-refractivity contribution in [3.05, 3.63) is 23.9 Å². The summed E-state index contributed by atoms with van der Waals surface area (Å²) in [6.07, 6.45) is 4.09. The summed E-state index contributed by atoms with van der Waals surface area (Å²) in [6.45, 7) is 6.21. The van der Waals surface area contributed by atoms with Gasteiger partial charge in [-0.25, -0.2) is 4.98 Å². The fourth-order valence-electron chi connectivity index (χ4n) is 1.88. The van der Waals surface area contributed by atoms with Crippen LogP contribution in [-0.2, 0) is 0 Å². The van der Waals surface area contributed by atoms with E-state index in [9.17, 15) is 0 Å². The zero-order valence-corrected chi connectivity index (χ0v) is 12.1. The van der Waals surface area contributed by atoms with E-state index >= 15 is 0 Å². The van der Waals surface area contributed by atoms with E-state index in [4.69, 9.17) is 23.8 Å². The molecule has 2 rings (SSSR count). The molecule has 0 aromatic carbocycles. The number of hydrogen-bond donors (Lipinski definition) is 2. The summed E-state index contributed by atoms with van der Waals surface area (Å²) in [5.74, 6) is 1.25. The van der Waals surface area contributed by atoms with Crippen molar-refractivity contribution in [2.24, 2.45) is 0 Å². The van der Waals surface area contributed by atoms with Crippen molar-refractivity contribution in [1.82, 2.24) is 15.3 Å². The minimum atomic E-state index is 0.408. The van der Waals surface area contributed by atoms with E-state index in [0.717, 1.165) is 18.9 Å². The van der Waals surface area contributed by atoms with Crippen LogP contribution in [0.1, 0.15) is 12.8 Å². The van der Waals surface area contributed by atoms with Gasteiger partial charge in [-0.05, 0) is 25.1 Å². The van der Waals surface area contributed by atoms with Crippen LogP contribution in [0.15, 0.2) is 18.7 Å². The minimum Gasteiger partial charge on any atom is -0.359 e. The Balaban J connectivity index is 2.07. The van der Waals surface area contributed by atoms with Gasteiger partial charge >= 0.3 is 0 Å². The van der Waals surface area contributed by atoms with Crippen molar-refractivity contribution < 1.29 is 0 Å². The smallest absolute Gasteiger partial charge is 0.232 e. The number of aromatic nitrogens is 2. The van der Waals surface area contributed by atoms with E-state index < -0.39 is 0 Å². The fourth-order valence-corrected chi connectivity index (χ4v) is 2.23. The average Bonchev–Trinajstić information content (AvgIpc) is 2.89. The maximum Gasteiger partial charge on any atom is 0.232 e. The number of nitrogens with one attached hydrogen (secondary N) is 2. The van der Waals surface area contributed by atoms with Crippen molar-refractivity contribution >= 4 is 40.7 Å². The highest BCUT2D eigenvalue weighted by Crippen LogP contribution is 2.21. The zero-order chi connectivity index (χ0) is 13.7. The summed E-state index contributed by atoms with van der Waals surface area (Å²) in [4.78, 5) is 10.7. The molecule has 0 unspecified atom stereocenters. The maximum absolute atomic E-state index is 6.02. The molecular weight excluding hydrogens is 282 g/mol. The molecule has 0 saturated carbocycles. The van der Waals surface area contributed by atoms with Crippen molar-refractivity contribution in [2.45, 2.75) is 12.8 Å². The first-order valence-electron chi connectivity index (χ1n) is 6.14. The number of nitrogens with zero attached hydrogens (tertiary/aromatic N) is 3. The molecule has 0 radical (unpaired) electrons. The minimum absolute atomic E-state index is 0.408. The summed E-state index contributed by atoms with van der Waals surface area (Å²) >= 11 is 11.1. The predicted octanol–water partition coefficient (Wildman–Crippen LogP) is 2.20. The molecule has 7 heteroatoms. The molecule has 1 saturated heterocycles. The number of halogens is 1. The second-order valence-electron chi connectivity index (χ2n) is 4.19. The predicted molar refractivity (Wildman–Crippen MR) is 82.9 cm³/mol. The van der Waals surface area contributed by atoms with Crippen molar-refractivity contribution in [2.75, 3.05) is 29.9 Å². The zero-order valence-electron chi connectivity index (χ0n) is 10.5. The topological polar surface area (TPSA) is 53.1 Å². The highest BCUT2D eigenvalue weighted by atomic mass is 35.5. The first-order chi connectivity index (χ1) is 9.19. The molecule has 1 aromatic heterocycles. The van der Waals surface area contributed by atoms with E-state index in [1.54, 1.807) is 12.1 Å². The molecule has 0 spiro atoms. The monoisotopic (exact) mass is 297 g/mol. The highest BCUT2D eigenvalue weighted by Gasteiger charge is 2.15. The van der Waals surface area contributed by atoms with Gasteiger partial charge in [0.2, 0.25) is 5.95 Å². The third-order valence-corrected chi connectivity index (χ3v) is 3.18. The van der Waals surface area contributed by atoms with Gasteiger partial charge in [0.1, 0.15) is 11.0 Å². The van der Waals surface area contributed by atoms with Gasteiger partial charge in [-0.3, -0.25) is 0 Å². The molecule has 0 aliphatic carbocycles. The lowest BCUT2D eigenvalue weighted by Gasteiger charge is -2.17. The summed E-state index contributed by atoms with van der Waals surface area (Å²) in [6, 6.07) is 1.78. The Hall–Kier alpha value is -1.40. The van der Waals surface area contributed by atoms with Crippen LogP contribution in [0.3, 0.4) is 0 Å². The third-order valence-electron chi connectivity index (χ3n) is 2.74. The molecule has 1 fully saturated rings. The van der Waals surface area contributed by atoms with Gasteiger partial charge in [0.25, 0.3) is 0 Å². The first-order valence-corrected chi connectivity index (χ1v) is 6.93. The number of rotatable bonds is 4. The Labute approximate surface area is 123 Å².